The Kier molecular flexibility index (Phi) is 6.80. The minimum atomic E-state index is -0.512. The number of hydrogen-bond donors (Lipinski definition) is 0. The van der Waals surface area contributed by atoms with Crippen LogP contribution in [0.15, 0.2) is 61.2 Å². The monoisotopic (exact) mass is 522 g/mol. The molecule has 0 atom stereocenters. The molecule has 0 saturated carbocycles. The Morgan fingerprint density at radius 2 is 1.75 bits per heavy atom. The predicted molar refractivity (Wildman–Crippen MR) is 138 cm³/mol. The maximum atomic E-state index is 13.8. The Bertz CT molecular complexity index is 1440. The van der Waals surface area contributed by atoms with Crippen molar-refractivity contribution in [3.8, 4) is 22.5 Å². The number of aromatic nitrogens is 4. The zero-order chi connectivity index (χ0) is 25.2. The number of carbonyl (C=O) groups is 1. The van der Waals surface area contributed by atoms with E-state index >= 15 is 0 Å². The fourth-order valence-corrected chi connectivity index (χ4v) is 4.53. The third kappa shape index (κ3) is 4.74. The van der Waals surface area contributed by atoms with Gasteiger partial charge in [0.05, 0.1) is 21.9 Å². The van der Waals surface area contributed by atoms with Gasteiger partial charge in [0.25, 0.3) is 5.91 Å². The number of aryl methyl sites for hydroxylation is 1. The SMILES string of the molecule is Cc1cccnc1C(=O)N1CCN(c2cnc(-c3ccc(F)c(Cl)c3)c(-c3ccncc3Cl)n2)CC1. The highest BCUT2D eigenvalue weighted by atomic mass is 35.5. The molecule has 4 heterocycles. The van der Waals surface area contributed by atoms with Crippen LogP contribution in [0.3, 0.4) is 0 Å². The first-order valence-electron chi connectivity index (χ1n) is 11.3. The van der Waals surface area contributed by atoms with E-state index in [4.69, 9.17) is 28.2 Å². The molecule has 1 aromatic carbocycles. The van der Waals surface area contributed by atoms with Gasteiger partial charge in [-0.05, 0) is 42.8 Å². The van der Waals surface area contributed by atoms with Gasteiger partial charge in [-0.25, -0.2) is 9.37 Å². The molecule has 1 aliphatic rings. The molecule has 182 valence electrons. The van der Waals surface area contributed by atoms with E-state index in [0.29, 0.717) is 65.2 Å². The summed E-state index contributed by atoms with van der Waals surface area (Å²) in [6.45, 7) is 4.09. The van der Waals surface area contributed by atoms with Crippen molar-refractivity contribution in [2.45, 2.75) is 6.92 Å². The summed E-state index contributed by atoms with van der Waals surface area (Å²) in [7, 11) is 0. The van der Waals surface area contributed by atoms with E-state index in [-0.39, 0.29) is 10.9 Å². The van der Waals surface area contributed by atoms with Gasteiger partial charge in [-0.1, -0.05) is 29.3 Å². The normalized spacial score (nSPS) is 13.7. The first-order valence-corrected chi connectivity index (χ1v) is 12.1. The number of anilines is 1. The summed E-state index contributed by atoms with van der Waals surface area (Å²) < 4.78 is 13.8. The van der Waals surface area contributed by atoms with Gasteiger partial charge in [0.2, 0.25) is 0 Å². The van der Waals surface area contributed by atoms with Gasteiger partial charge in [-0.2, -0.15) is 0 Å². The number of rotatable bonds is 4. The lowest BCUT2D eigenvalue weighted by atomic mass is 10.0. The molecule has 0 aliphatic carbocycles. The zero-order valence-corrected chi connectivity index (χ0v) is 20.8. The van der Waals surface area contributed by atoms with Crippen LogP contribution in [0, 0.1) is 12.7 Å². The Morgan fingerprint density at radius 3 is 2.47 bits per heavy atom. The third-order valence-electron chi connectivity index (χ3n) is 6.08. The maximum absolute atomic E-state index is 13.8. The van der Waals surface area contributed by atoms with Crippen molar-refractivity contribution >= 4 is 34.9 Å². The number of carbonyl (C=O) groups excluding carboxylic acids is 1. The number of nitrogens with zero attached hydrogens (tertiary/aromatic N) is 6. The second-order valence-corrected chi connectivity index (χ2v) is 9.17. The van der Waals surface area contributed by atoms with Gasteiger partial charge in [-0.3, -0.25) is 19.7 Å². The highest BCUT2D eigenvalue weighted by Crippen LogP contribution is 2.35. The molecule has 10 heteroatoms. The van der Waals surface area contributed by atoms with Crippen molar-refractivity contribution in [3.05, 3.63) is 88.3 Å². The van der Waals surface area contributed by atoms with E-state index in [0.717, 1.165) is 5.56 Å². The van der Waals surface area contributed by atoms with Crippen LogP contribution in [0.4, 0.5) is 10.2 Å². The van der Waals surface area contributed by atoms with Gasteiger partial charge in [0.15, 0.2) is 0 Å². The molecule has 36 heavy (non-hydrogen) atoms. The van der Waals surface area contributed by atoms with E-state index in [2.05, 4.69) is 19.9 Å². The van der Waals surface area contributed by atoms with Crippen LogP contribution in [0.5, 0.6) is 0 Å². The van der Waals surface area contributed by atoms with Gasteiger partial charge in [0.1, 0.15) is 23.0 Å². The molecule has 0 unspecified atom stereocenters. The molecule has 7 nitrogen and oxygen atoms in total. The number of hydrogen-bond acceptors (Lipinski definition) is 6. The first-order chi connectivity index (χ1) is 17.4. The van der Waals surface area contributed by atoms with Gasteiger partial charge in [0, 0.05) is 55.9 Å². The van der Waals surface area contributed by atoms with E-state index in [1.54, 1.807) is 35.6 Å². The highest BCUT2D eigenvalue weighted by molar-refractivity contribution is 6.33. The minimum absolute atomic E-state index is 0.00548. The molecule has 5 rings (SSSR count). The number of amides is 1. The van der Waals surface area contributed by atoms with Crippen LogP contribution in [-0.2, 0) is 0 Å². The average Bonchev–Trinajstić information content (AvgIpc) is 2.90. The molecule has 3 aromatic heterocycles. The molecule has 0 N–H and O–H groups in total. The fourth-order valence-electron chi connectivity index (χ4n) is 4.14. The second kappa shape index (κ2) is 10.2. The summed E-state index contributed by atoms with van der Waals surface area (Å²) >= 11 is 12.5. The molecular weight excluding hydrogens is 502 g/mol. The number of piperazine rings is 1. The van der Waals surface area contributed by atoms with Crippen LogP contribution < -0.4 is 4.90 Å². The number of halogens is 3. The molecule has 0 radical (unpaired) electrons. The van der Waals surface area contributed by atoms with E-state index in [1.807, 2.05) is 19.1 Å². The Hall–Kier alpha value is -3.62. The van der Waals surface area contributed by atoms with Crippen molar-refractivity contribution in [1.82, 2.24) is 24.8 Å². The van der Waals surface area contributed by atoms with Crippen molar-refractivity contribution in [2.75, 3.05) is 31.1 Å². The number of pyridine rings is 2. The summed E-state index contributed by atoms with van der Waals surface area (Å²) in [4.78, 5) is 34.7. The molecule has 4 aromatic rings. The van der Waals surface area contributed by atoms with Gasteiger partial charge in [-0.15, -0.1) is 0 Å². The fraction of sp³-hybridized carbons (Fsp3) is 0.192. The molecule has 0 bridgehead atoms. The molecular formula is C26H21Cl2FN6O. The lowest BCUT2D eigenvalue weighted by Gasteiger charge is -2.35. The second-order valence-electron chi connectivity index (χ2n) is 8.36. The molecule has 1 aliphatic heterocycles. The molecule has 1 saturated heterocycles. The van der Waals surface area contributed by atoms with Crippen LogP contribution in [0.1, 0.15) is 16.1 Å². The summed E-state index contributed by atoms with van der Waals surface area (Å²) in [5.41, 5.74) is 3.65. The van der Waals surface area contributed by atoms with Crippen molar-refractivity contribution in [3.63, 3.8) is 0 Å². The largest absolute Gasteiger partial charge is 0.352 e. The van der Waals surface area contributed by atoms with Crippen molar-refractivity contribution < 1.29 is 9.18 Å². The average molecular weight is 523 g/mol. The van der Waals surface area contributed by atoms with Gasteiger partial charge < -0.3 is 9.80 Å². The summed E-state index contributed by atoms with van der Waals surface area (Å²) in [6, 6.07) is 9.88. The summed E-state index contributed by atoms with van der Waals surface area (Å²) in [5, 5.41) is 0.411. The Morgan fingerprint density at radius 1 is 0.944 bits per heavy atom. The van der Waals surface area contributed by atoms with E-state index in [1.165, 1.54) is 18.3 Å². The minimum Gasteiger partial charge on any atom is -0.352 e. The smallest absolute Gasteiger partial charge is 0.272 e. The van der Waals surface area contributed by atoms with E-state index in [9.17, 15) is 9.18 Å². The summed E-state index contributed by atoms with van der Waals surface area (Å²) in [5.74, 6) is 0.0596. The first kappa shape index (κ1) is 24.1. The Balaban J connectivity index is 1.44. The lowest BCUT2D eigenvalue weighted by Crippen LogP contribution is -2.49. The molecule has 0 spiro atoms. The topological polar surface area (TPSA) is 75.1 Å². The van der Waals surface area contributed by atoms with Crippen LogP contribution in [0.2, 0.25) is 10.0 Å². The summed E-state index contributed by atoms with van der Waals surface area (Å²) in [6.07, 6.45) is 6.47. The highest BCUT2D eigenvalue weighted by Gasteiger charge is 2.26. The van der Waals surface area contributed by atoms with Crippen LogP contribution in [0.25, 0.3) is 22.5 Å². The van der Waals surface area contributed by atoms with Crippen LogP contribution >= 0.6 is 23.2 Å². The van der Waals surface area contributed by atoms with Crippen molar-refractivity contribution in [1.29, 1.82) is 0 Å². The van der Waals surface area contributed by atoms with Gasteiger partial charge >= 0.3 is 0 Å². The molecule has 1 amide bonds. The van der Waals surface area contributed by atoms with Crippen LogP contribution in [-0.4, -0.2) is 56.9 Å². The predicted octanol–water partition coefficient (Wildman–Crippen LogP) is 5.32. The standard InChI is InChI=1S/C26H21Cl2FN6O/c1-16-3-2-7-31-23(16)26(36)35-11-9-34(10-12-35)22-15-32-24(17-4-5-21(29)19(27)13-17)25(33-22)18-6-8-30-14-20(18)28/h2-8,13-15H,9-12H2,1H3. The molecule has 1 fully saturated rings. The van der Waals surface area contributed by atoms with Crippen molar-refractivity contribution in [2.24, 2.45) is 0 Å². The quantitative estimate of drug-likeness (QED) is 0.361. The number of benzene rings is 1. The maximum Gasteiger partial charge on any atom is 0.272 e. The lowest BCUT2D eigenvalue weighted by molar-refractivity contribution is 0.0740. The third-order valence-corrected chi connectivity index (χ3v) is 6.67. The zero-order valence-electron chi connectivity index (χ0n) is 19.3. The Labute approximate surface area is 217 Å². The van der Waals surface area contributed by atoms with E-state index < -0.39 is 5.82 Å².